The monoisotopic (exact) mass is 305 g/mol. The zero-order valence-electron chi connectivity index (χ0n) is 12.8. The van der Waals surface area contributed by atoms with E-state index in [0.29, 0.717) is 18.3 Å². The Morgan fingerprint density at radius 2 is 1.82 bits per heavy atom. The second-order valence-corrected chi connectivity index (χ2v) is 5.57. The lowest BCUT2D eigenvalue weighted by Gasteiger charge is -2.21. The Bertz CT molecular complexity index is 469. The Kier molecular flexibility index (Phi) is 6.74. The molecule has 5 nitrogen and oxygen atoms in total. The van der Waals surface area contributed by atoms with E-state index in [0.717, 1.165) is 12.8 Å². The SMILES string of the molecule is O=C(COc1ccccc1)NCC(=O)OCC1CCCCC1. The molecule has 1 aromatic rings. The van der Waals surface area contributed by atoms with Crippen LogP contribution in [0.3, 0.4) is 0 Å². The first-order valence-corrected chi connectivity index (χ1v) is 7.84. The normalized spacial score (nSPS) is 15.1. The number of nitrogens with one attached hydrogen (secondary N) is 1. The molecule has 0 saturated heterocycles. The Morgan fingerprint density at radius 3 is 2.55 bits per heavy atom. The number of hydrogen-bond acceptors (Lipinski definition) is 4. The van der Waals surface area contributed by atoms with Crippen LogP contribution in [0.25, 0.3) is 0 Å². The van der Waals surface area contributed by atoms with Crippen molar-refractivity contribution in [2.24, 2.45) is 5.92 Å². The summed E-state index contributed by atoms with van der Waals surface area (Å²) in [6, 6.07) is 9.07. The van der Waals surface area contributed by atoms with E-state index in [-0.39, 0.29) is 19.1 Å². The largest absolute Gasteiger partial charge is 0.484 e. The van der Waals surface area contributed by atoms with Crippen molar-refractivity contribution in [2.75, 3.05) is 19.8 Å². The number of hydrogen-bond donors (Lipinski definition) is 1. The molecule has 0 aromatic heterocycles. The molecule has 5 heteroatoms. The number of amides is 1. The van der Waals surface area contributed by atoms with Gasteiger partial charge in [-0.25, -0.2) is 0 Å². The number of carbonyl (C=O) groups excluding carboxylic acids is 2. The van der Waals surface area contributed by atoms with Gasteiger partial charge in [-0.3, -0.25) is 9.59 Å². The van der Waals surface area contributed by atoms with Crippen molar-refractivity contribution < 1.29 is 19.1 Å². The van der Waals surface area contributed by atoms with Crippen molar-refractivity contribution in [3.63, 3.8) is 0 Å². The molecule has 1 aromatic carbocycles. The molecular formula is C17H23NO4. The third kappa shape index (κ3) is 6.16. The van der Waals surface area contributed by atoms with Gasteiger partial charge in [-0.05, 0) is 30.9 Å². The topological polar surface area (TPSA) is 64.6 Å². The Labute approximate surface area is 131 Å². The Balaban J connectivity index is 1.56. The highest BCUT2D eigenvalue weighted by Crippen LogP contribution is 2.23. The van der Waals surface area contributed by atoms with Crippen LogP contribution in [0.1, 0.15) is 32.1 Å². The fraction of sp³-hybridized carbons (Fsp3) is 0.529. The maximum atomic E-state index is 11.6. The average Bonchev–Trinajstić information content (AvgIpc) is 2.58. The van der Waals surface area contributed by atoms with Crippen LogP contribution in [0, 0.1) is 5.92 Å². The van der Waals surface area contributed by atoms with Crippen LogP contribution in [0.15, 0.2) is 30.3 Å². The molecule has 0 unspecified atom stereocenters. The summed E-state index contributed by atoms with van der Waals surface area (Å²) >= 11 is 0. The first-order chi connectivity index (χ1) is 10.7. The molecule has 2 rings (SSSR count). The van der Waals surface area contributed by atoms with E-state index in [9.17, 15) is 9.59 Å². The van der Waals surface area contributed by atoms with Crippen LogP contribution in [0.5, 0.6) is 5.75 Å². The van der Waals surface area contributed by atoms with Crippen molar-refractivity contribution in [3.05, 3.63) is 30.3 Å². The summed E-state index contributed by atoms with van der Waals surface area (Å²) in [4.78, 5) is 23.2. The number of rotatable bonds is 7. The minimum atomic E-state index is -0.390. The summed E-state index contributed by atoms with van der Waals surface area (Å²) < 4.78 is 10.5. The third-order valence-corrected chi connectivity index (χ3v) is 3.75. The second-order valence-electron chi connectivity index (χ2n) is 5.57. The second kappa shape index (κ2) is 9.07. The van der Waals surface area contributed by atoms with E-state index in [4.69, 9.17) is 9.47 Å². The van der Waals surface area contributed by atoms with E-state index in [1.165, 1.54) is 19.3 Å². The minimum Gasteiger partial charge on any atom is -0.484 e. The Morgan fingerprint density at radius 1 is 1.09 bits per heavy atom. The molecular weight excluding hydrogens is 282 g/mol. The number of esters is 1. The predicted molar refractivity (Wildman–Crippen MR) is 82.5 cm³/mol. The van der Waals surface area contributed by atoms with Gasteiger partial charge < -0.3 is 14.8 Å². The molecule has 1 saturated carbocycles. The first kappa shape index (κ1) is 16.3. The molecule has 1 amide bonds. The molecule has 1 fully saturated rings. The molecule has 0 radical (unpaired) electrons. The van der Waals surface area contributed by atoms with E-state index in [2.05, 4.69) is 5.32 Å². The summed E-state index contributed by atoms with van der Waals surface area (Å²) in [6.07, 6.45) is 5.97. The summed E-state index contributed by atoms with van der Waals surface area (Å²) in [7, 11) is 0. The third-order valence-electron chi connectivity index (χ3n) is 3.75. The molecule has 22 heavy (non-hydrogen) atoms. The number of benzene rings is 1. The quantitative estimate of drug-likeness (QED) is 0.785. The summed E-state index contributed by atoms with van der Waals surface area (Å²) in [5.74, 6) is 0.379. The standard InChI is InChI=1S/C17H23NO4/c19-16(13-21-15-9-5-2-6-10-15)18-11-17(20)22-12-14-7-3-1-4-8-14/h2,5-6,9-10,14H,1,3-4,7-8,11-13H2,(H,18,19). The molecule has 120 valence electrons. The number of ether oxygens (including phenoxy) is 2. The molecule has 0 atom stereocenters. The zero-order valence-corrected chi connectivity index (χ0v) is 12.8. The zero-order chi connectivity index (χ0) is 15.6. The molecule has 0 aliphatic heterocycles. The van der Waals surface area contributed by atoms with Crippen molar-refractivity contribution >= 4 is 11.9 Å². The van der Waals surface area contributed by atoms with Gasteiger partial charge in [0.05, 0.1) is 6.61 Å². The van der Waals surface area contributed by atoms with Crippen LogP contribution in [-0.4, -0.2) is 31.6 Å². The molecule has 0 spiro atoms. The highest BCUT2D eigenvalue weighted by Gasteiger charge is 2.15. The van der Waals surface area contributed by atoms with Crippen molar-refractivity contribution in [2.45, 2.75) is 32.1 Å². The van der Waals surface area contributed by atoms with Gasteiger partial charge in [0.2, 0.25) is 0 Å². The average molecular weight is 305 g/mol. The fourth-order valence-electron chi connectivity index (χ4n) is 2.50. The van der Waals surface area contributed by atoms with Gasteiger partial charge in [0.15, 0.2) is 6.61 Å². The lowest BCUT2D eigenvalue weighted by atomic mass is 9.90. The van der Waals surface area contributed by atoms with Gasteiger partial charge in [-0.2, -0.15) is 0 Å². The van der Waals surface area contributed by atoms with Crippen molar-refractivity contribution in [1.29, 1.82) is 0 Å². The lowest BCUT2D eigenvalue weighted by molar-refractivity contribution is -0.145. The number of carbonyl (C=O) groups is 2. The van der Waals surface area contributed by atoms with Crippen LogP contribution in [0.4, 0.5) is 0 Å². The van der Waals surface area contributed by atoms with Crippen LogP contribution >= 0.6 is 0 Å². The first-order valence-electron chi connectivity index (χ1n) is 7.84. The van der Waals surface area contributed by atoms with Gasteiger partial charge in [0.25, 0.3) is 5.91 Å². The van der Waals surface area contributed by atoms with Crippen LogP contribution in [-0.2, 0) is 14.3 Å². The molecule has 0 heterocycles. The van der Waals surface area contributed by atoms with E-state index in [1.54, 1.807) is 12.1 Å². The van der Waals surface area contributed by atoms with Gasteiger partial charge in [-0.15, -0.1) is 0 Å². The fourth-order valence-corrected chi connectivity index (χ4v) is 2.50. The van der Waals surface area contributed by atoms with E-state index < -0.39 is 5.97 Å². The number of para-hydroxylation sites is 1. The smallest absolute Gasteiger partial charge is 0.325 e. The maximum absolute atomic E-state index is 11.6. The Hall–Kier alpha value is -2.04. The highest BCUT2D eigenvalue weighted by molar-refractivity contribution is 5.82. The highest BCUT2D eigenvalue weighted by atomic mass is 16.5. The molecule has 1 aliphatic carbocycles. The molecule has 1 aliphatic rings. The molecule has 0 bridgehead atoms. The van der Waals surface area contributed by atoms with Crippen molar-refractivity contribution in [3.8, 4) is 5.75 Å². The molecule has 1 N–H and O–H groups in total. The summed E-state index contributed by atoms with van der Waals surface area (Å²) in [5, 5.41) is 2.50. The van der Waals surface area contributed by atoms with Gasteiger partial charge in [0, 0.05) is 0 Å². The van der Waals surface area contributed by atoms with Gasteiger partial charge in [0.1, 0.15) is 12.3 Å². The van der Waals surface area contributed by atoms with E-state index >= 15 is 0 Å². The minimum absolute atomic E-state index is 0.107. The summed E-state index contributed by atoms with van der Waals surface area (Å²) in [5.41, 5.74) is 0. The lowest BCUT2D eigenvalue weighted by Crippen LogP contribution is -2.34. The van der Waals surface area contributed by atoms with Gasteiger partial charge >= 0.3 is 5.97 Å². The summed E-state index contributed by atoms with van der Waals surface area (Å²) in [6.45, 7) is 0.249. The van der Waals surface area contributed by atoms with Crippen LogP contribution in [0.2, 0.25) is 0 Å². The van der Waals surface area contributed by atoms with E-state index in [1.807, 2.05) is 18.2 Å². The van der Waals surface area contributed by atoms with Gasteiger partial charge in [-0.1, -0.05) is 37.5 Å². The van der Waals surface area contributed by atoms with Crippen LogP contribution < -0.4 is 10.1 Å². The van der Waals surface area contributed by atoms with Crippen molar-refractivity contribution in [1.82, 2.24) is 5.32 Å². The maximum Gasteiger partial charge on any atom is 0.325 e. The predicted octanol–water partition coefficient (Wildman–Crippen LogP) is 2.31.